The van der Waals surface area contributed by atoms with Gasteiger partial charge in [-0.15, -0.1) is 0 Å². The molecule has 0 unspecified atom stereocenters. The minimum absolute atomic E-state index is 0.0398. The van der Waals surface area contributed by atoms with Crippen molar-refractivity contribution in [3.05, 3.63) is 47.2 Å². The van der Waals surface area contributed by atoms with Crippen molar-refractivity contribution in [2.24, 2.45) is 0 Å². The number of aromatic nitrogens is 1. The Morgan fingerprint density at radius 2 is 1.96 bits per heavy atom. The third kappa shape index (κ3) is 4.28. The zero-order valence-electron chi connectivity index (χ0n) is 14.2. The second kappa shape index (κ2) is 6.36. The SMILES string of the molecule is CC(=O)c1cccc(NC(=O)Cc2oc(C(C)(C)C)nc2C)c1. The van der Waals surface area contributed by atoms with Crippen LogP contribution in [0, 0.1) is 6.92 Å². The second-order valence-electron chi connectivity index (χ2n) is 6.64. The number of carbonyl (C=O) groups excluding carboxylic acids is 2. The van der Waals surface area contributed by atoms with E-state index in [2.05, 4.69) is 10.3 Å². The number of hydrogen-bond acceptors (Lipinski definition) is 4. The first-order valence-electron chi connectivity index (χ1n) is 7.54. The molecule has 1 amide bonds. The van der Waals surface area contributed by atoms with Crippen molar-refractivity contribution in [1.29, 1.82) is 0 Å². The molecule has 0 saturated carbocycles. The van der Waals surface area contributed by atoms with Crippen LogP contribution < -0.4 is 5.32 Å². The van der Waals surface area contributed by atoms with Crippen LogP contribution in [-0.2, 0) is 16.6 Å². The van der Waals surface area contributed by atoms with Gasteiger partial charge >= 0.3 is 0 Å². The lowest BCUT2D eigenvalue weighted by molar-refractivity contribution is -0.115. The molecule has 2 rings (SSSR count). The number of aryl methyl sites for hydroxylation is 1. The first-order chi connectivity index (χ1) is 10.7. The number of nitrogens with zero attached hydrogens (tertiary/aromatic N) is 1. The van der Waals surface area contributed by atoms with Gasteiger partial charge < -0.3 is 9.73 Å². The summed E-state index contributed by atoms with van der Waals surface area (Å²) >= 11 is 0. The van der Waals surface area contributed by atoms with Crippen molar-refractivity contribution in [3.8, 4) is 0 Å². The molecular formula is C18H22N2O3. The number of Topliss-reactive ketones (excluding diaryl/α,β-unsaturated/α-hetero) is 1. The highest BCUT2D eigenvalue weighted by Crippen LogP contribution is 2.24. The minimum atomic E-state index is -0.203. The van der Waals surface area contributed by atoms with Crippen molar-refractivity contribution in [1.82, 2.24) is 4.98 Å². The first-order valence-corrected chi connectivity index (χ1v) is 7.54. The quantitative estimate of drug-likeness (QED) is 0.874. The van der Waals surface area contributed by atoms with Crippen LogP contribution in [0.2, 0.25) is 0 Å². The van der Waals surface area contributed by atoms with E-state index in [0.717, 1.165) is 5.69 Å². The maximum atomic E-state index is 12.2. The fourth-order valence-electron chi connectivity index (χ4n) is 2.08. The average Bonchev–Trinajstić information content (AvgIpc) is 2.80. The summed E-state index contributed by atoms with van der Waals surface area (Å²) in [4.78, 5) is 28.0. The van der Waals surface area contributed by atoms with Crippen molar-refractivity contribution >= 4 is 17.4 Å². The van der Waals surface area contributed by atoms with E-state index in [1.807, 2.05) is 27.7 Å². The summed E-state index contributed by atoms with van der Waals surface area (Å²) < 4.78 is 5.72. The molecular weight excluding hydrogens is 292 g/mol. The molecule has 1 N–H and O–H groups in total. The maximum Gasteiger partial charge on any atom is 0.232 e. The van der Waals surface area contributed by atoms with Crippen LogP contribution in [0.1, 0.15) is 55.4 Å². The maximum absolute atomic E-state index is 12.2. The van der Waals surface area contributed by atoms with Gasteiger partial charge in [-0.3, -0.25) is 9.59 Å². The van der Waals surface area contributed by atoms with E-state index >= 15 is 0 Å². The number of hydrogen-bond donors (Lipinski definition) is 1. The van der Waals surface area contributed by atoms with Crippen LogP contribution in [0.25, 0.3) is 0 Å². The zero-order valence-corrected chi connectivity index (χ0v) is 14.2. The zero-order chi connectivity index (χ0) is 17.2. The monoisotopic (exact) mass is 314 g/mol. The Labute approximate surface area is 136 Å². The molecule has 1 aromatic heterocycles. The topological polar surface area (TPSA) is 72.2 Å². The Morgan fingerprint density at radius 3 is 2.52 bits per heavy atom. The summed E-state index contributed by atoms with van der Waals surface area (Å²) in [5, 5.41) is 2.78. The molecule has 0 radical (unpaired) electrons. The molecule has 0 aliphatic rings. The van der Waals surface area contributed by atoms with E-state index in [-0.39, 0.29) is 23.5 Å². The largest absolute Gasteiger partial charge is 0.444 e. The number of carbonyl (C=O) groups is 2. The highest BCUT2D eigenvalue weighted by molar-refractivity contribution is 5.97. The van der Waals surface area contributed by atoms with Gasteiger partial charge in [0.05, 0.1) is 12.1 Å². The van der Waals surface area contributed by atoms with Crippen LogP contribution in [0.5, 0.6) is 0 Å². The highest BCUT2D eigenvalue weighted by Gasteiger charge is 2.23. The van der Waals surface area contributed by atoms with Gasteiger partial charge in [-0.1, -0.05) is 32.9 Å². The summed E-state index contributed by atoms with van der Waals surface area (Å²) in [6.45, 7) is 9.35. The van der Waals surface area contributed by atoms with Crippen LogP contribution in [0.3, 0.4) is 0 Å². The molecule has 5 heteroatoms. The van der Waals surface area contributed by atoms with Crippen molar-refractivity contribution in [2.45, 2.75) is 46.5 Å². The van der Waals surface area contributed by atoms with Gasteiger partial charge in [-0.2, -0.15) is 0 Å². The fourth-order valence-corrected chi connectivity index (χ4v) is 2.08. The summed E-state index contributed by atoms with van der Waals surface area (Å²) in [7, 11) is 0. The molecule has 0 saturated heterocycles. The van der Waals surface area contributed by atoms with Crippen molar-refractivity contribution in [3.63, 3.8) is 0 Å². The van der Waals surface area contributed by atoms with Gasteiger partial charge in [-0.25, -0.2) is 4.98 Å². The molecule has 0 bridgehead atoms. The molecule has 0 aliphatic carbocycles. The number of oxazole rings is 1. The second-order valence-corrected chi connectivity index (χ2v) is 6.64. The Hall–Kier alpha value is -2.43. The van der Waals surface area contributed by atoms with E-state index < -0.39 is 0 Å². The summed E-state index contributed by atoms with van der Waals surface area (Å²) in [6, 6.07) is 6.87. The summed E-state index contributed by atoms with van der Waals surface area (Å²) in [5.74, 6) is 0.943. The van der Waals surface area contributed by atoms with Gasteiger partial charge in [-0.05, 0) is 26.0 Å². The third-order valence-electron chi connectivity index (χ3n) is 3.41. The lowest BCUT2D eigenvalue weighted by atomic mass is 9.97. The molecule has 0 spiro atoms. The molecule has 0 fully saturated rings. The number of rotatable bonds is 4. The van der Waals surface area contributed by atoms with Gasteiger partial charge in [0.1, 0.15) is 5.76 Å². The van der Waals surface area contributed by atoms with E-state index in [4.69, 9.17) is 4.42 Å². The third-order valence-corrected chi connectivity index (χ3v) is 3.41. The summed E-state index contributed by atoms with van der Waals surface area (Å²) in [6.07, 6.45) is 0.110. The van der Waals surface area contributed by atoms with Crippen molar-refractivity contribution in [2.75, 3.05) is 5.32 Å². The van der Waals surface area contributed by atoms with Gasteiger partial charge in [0.2, 0.25) is 5.91 Å². The standard InChI is InChI=1S/C18H22N2O3/c1-11-15(23-17(19-11)18(3,4)5)10-16(22)20-14-8-6-7-13(9-14)12(2)21/h6-9H,10H2,1-5H3,(H,20,22). The molecule has 1 aromatic carbocycles. The fraction of sp³-hybridized carbons (Fsp3) is 0.389. The number of amides is 1. The average molecular weight is 314 g/mol. The lowest BCUT2D eigenvalue weighted by Gasteiger charge is -2.12. The van der Waals surface area contributed by atoms with Crippen LogP contribution in [-0.4, -0.2) is 16.7 Å². The number of ketones is 1. The Morgan fingerprint density at radius 1 is 1.26 bits per heavy atom. The predicted molar refractivity (Wildman–Crippen MR) is 88.7 cm³/mol. The van der Waals surface area contributed by atoms with Crippen molar-refractivity contribution < 1.29 is 14.0 Å². The van der Waals surface area contributed by atoms with E-state index in [9.17, 15) is 9.59 Å². The molecule has 2 aromatic rings. The number of nitrogens with one attached hydrogen (secondary N) is 1. The van der Waals surface area contributed by atoms with Gasteiger partial charge in [0.25, 0.3) is 0 Å². The first kappa shape index (κ1) is 16.9. The minimum Gasteiger partial charge on any atom is -0.444 e. The van der Waals surface area contributed by atoms with E-state index in [0.29, 0.717) is 22.9 Å². The van der Waals surface area contributed by atoms with Gasteiger partial charge in [0.15, 0.2) is 11.7 Å². The molecule has 0 aliphatic heterocycles. The smallest absolute Gasteiger partial charge is 0.232 e. The number of benzene rings is 1. The van der Waals surface area contributed by atoms with Crippen LogP contribution in [0.4, 0.5) is 5.69 Å². The molecule has 0 atom stereocenters. The summed E-state index contributed by atoms with van der Waals surface area (Å²) in [5.41, 5.74) is 1.68. The predicted octanol–water partition coefficient (Wildman–Crippen LogP) is 3.66. The van der Waals surface area contributed by atoms with Crippen LogP contribution >= 0.6 is 0 Å². The normalized spacial score (nSPS) is 11.3. The Kier molecular flexibility index (Phi) is 4.68. The van der Waals surface area contributed by atoms with E-state index in [1.54, 1.807) is 24.3 Å². The van der Waals surface area contributed by atoms with E-state index in [1.165, 1.54) is 6.92 Å². The molecule has 122 valence electrons. The van der Waals surface area contributed by atoms with Gasteiger partial charge in [0, 0.05) is 16.7 Å². The highest BCUT2D eigenvalue weighted by atomic mass is 16.4. The number of anilines is 1. The molecule has 1 heterocycles. The molecule has 23 heavy (non-hydrogen) atoms. The molecule has 5 nitrogen and oxygen atoms in total. The van der Waals surface area contributed by atoms with Crippen LogP contribution in [0.15, 0.2) is 28.7 Å². The Balaban J connectivity index is 2.10. The Bertz CT molecular complexity index is 739. The lowest BCUT2D eigenvalue weighted by Crippen LogP contribution is -2.15.